The van der Waals surface area contributed by atoms with Gasteiger partial charge in [0, 0.05) is 18.2 Å². The number of benzene rings is 1. The molecule has 0 spiro atoms. The largest absolute Gasteiger partial charge is 0.490 e. The van der Waals surface area contributed by atoms with Crippen molar-refractivity contribution in [2.45, 2.75) is 12.5 Å². The van der Waals surface area contributed by atoms with Gasteiger partial charge in [-0.2, -0.15) is 0 Å². The summed E-state index contributed by atoms with van der Waals surface area (Å²) in [7, 11) is 0. The minimum atomic E-state index is -0.439. The molecular weight excluding hydrogens is 387 g/mol. The number of rotatable bonds is 2. The number of aromatic amines is 1. The molecule has 0 fully saturated rings. The Hall–Kier alpha value is -4.01. The number of hydrogen-bond acceptors (Lipinski definition) is 5. The zero-order valence-electron chi connectivity index (χ0n) is 15.6. The third kappa shape index (κ3) is 2.38. The van der Waals surface area contributed by atoms with Crippen LogP contribution in [0.2, 0.25) is 0 Å². The van der Waals surface area contributed by atoms with Gasteiger partial charge >= 0.3 is 5.69 Å². The van der Waals surface area contributed by atoms with Crippen molar-refractivity contribution in [2.24, 2.45) is 0 Å². The van der Waals surface area contributed by atoms with Crippen molar-refractivity contribution in [1.29, 1.82) is 0 Å². The molecule has 1 aliphatic rings. The summed E-state index contributed by atoms with van der Waals surface area (Å²) < 4.78 is 23.2. The summed E-state index contributed by atoms with van der Waals surface area (Å²) in [5, 5.41) is 0. The summed E-state index contributed by atoms with van der Waals surface area (Å²) in [6.07, 6.45) is 5.69. The average Bonchev–Trinajstić information content (AvgIpc) is 3.33. The van der Waals surface area contributed by atoms with Gasteiger partial charge in [0.1, 0.15) is 16.9 Å². The van der Waals surface area contributed by atoms with Crippen LogP contribution in [0.4, 0.5) is 4.39 Å². The van der Waals surface area contributed by atoms with E-state index in [0.29, 0.717) is 41.3 Å². The van der Waals surface area contributed by atoms with Crippen molar-refractivity contribution < 1.29 is 9.13 Å². The zero-order chi connectivity index (χ0) is 20.2. The lowest BCUT2D eigenvalue weighted by molar-refractivity contribution is 0.244. The fourth-order valence-electron chi connectivity index (χ4n) is 4.06. The lowest BCUT2D eigenvalue weighted by Crippen LogP contribution is -2.28. The SMILES string of the molecule is O=c1[nH]c2cnc(-c3cnc4ccccn34)nc2n1[C@@H]1CCOc2c(F)cccc21. The second-order valence-electron chi connectivity index (χ2n) is 7.11. The molecule has 8 nitrogen and oxygen atoms in total. The number of halogens is 1. The van der Waals surface area contributed by atoms with Gasteiger partial charge in [-0.05, 0) is 18.2 Å². The Labute approximate surface area is 168 Å². The molecule has 6 rings (SSSR count). The maximum absolute atomic E-state index is 14.2. The number of fused-ring (bicyclic) bond motifs is 3. The highest BCUT2D eigenvalue weighted by atomic mass is 19.1. The molecule has 0 saturated carbocycles. The first kappa shape index (κ1) is 16.9. The first-order chi connectivity index (χ1) is 14.7. The summed E-state index contributed by atoms with van der Waals surface area (Å²) in [6, 6.07) is 10.1. The minimum Gasteiger partial charge on any atom is -0.490 e. The Balaban J connectivity index is 1.57. The van der Waals surface area contributed by atoms with Gasteiger partial charge < -0.3 is 9.72 Å². The predicted molar refractivity (Wildman–Crippen MR) is 107 cm³/mol. The number of aromatic nitrogens is 6. The Morgan fingerprint density at radius 1 is 1.13 bits per heavy atom. The molecule has 1 N–H and O–H groups in total. The van der Waals surface area contributed by atoms with Crippen LogP contribution in [0.3, 0.4) is 0 Å². The van der Waals surface area contributed by atoms with Gasteiger partial charge in [-0.15, -0.1) is 0 Å². The van der Waals surface area contributed by atoms with Crippen LogP contribution < -0.4 is 10.4 Å². The Kier molecular flexibility index (Phi) is 3.52. The summed E-state index contributed by atoms with van der Waals surface area (Å²) in [4.78, 5) is 29.1. The molecule has 0 amide bonds. The van der Waals surface area contributed by atoms with Crippen LogP contribution in [0.1, 0.15) is 18.0 Å². The number of pyridine rings is 1. The molecule has 30 heavy (non-hydrogen) atoms. The maximum Gasteiger partial charge on any atom is 0.328 e. The van der Waals surface area contributed by atoms with E-state index in [1.165, 1.54) is 6.07 Å². The molecule has 9 heteroatoms. The highest BCUT2D eigenvalue weighted by Gasteiger charge is 2.28. The van der Waals surface area contributed by atoms with Crippen LogP contribution in [0.15, 0.2) is 59.8 Å². The lowest BCUT2D eigenvalue weighted by atomic mass is 10.00. The third-order valence-electron chi connectivity index (χ3n) is 5.41. The molecule has 1 aromatic carbocycles. The van der Waals surface area contributed by atoms with Crippen molar-refractivity contribution in [1.82, 2.24) is 28.9 Å². The van der Waals surface area contributed by atoms with Crippen molar-refractivity contribution in [3.63, 3.8) is 0 Å². The van der Waals surface area contributed by atoms with E-state index < -0.39 is 11.9 Å². The van der Waals surface area contributed by atoms with Crippen LogP contribution in [-0.2, 0) is 0 Å². The fraction of sp³-hybridized carbons (Fsp3) is 0.143. The molecule has 1 aliphatic heterocycles. The number of H-pyrrole nitrogens is 1. The minimum absolute atomic E-state index is 0.186. The summed E-state index contributed by atoms with van der Waals surface area (Å²) in [5.41, 5.74) is 2.76. The molecule has 0 bridgehead atoms. The predicted octanol–water partition coefficient (Wildman–Crippen LogP) is 2.95. The molecule has 5 heterocycles. The van der Waals surface area contributed by atoms with E-state index in [0.717, 1.165) is 5.65 Å². The van der Waals surface area contributed by atoms with Crippen LogP contribution in [0, 0.1) is 5.82 Å². The maximum atomic E-state index is 14.2. The molecule has 0 radical (unpaired) electrons. The molecule has 1 atom stereocenters. The molecular formula is C21H15FN6O2. The first-order valence-corrected chi connectivity index (χ1v) is 9.51. The van der Waals surface area contributed by atoms with Gasteiger partial charge in [0.05, 0.1) is 25.0 Å². The van der Waals surface area contributed by atoms with Crippen LogP contribution in [0.25, 0.3) is 28.3 Å². The van der Waals surface area contributed by atoms with Gasteiger partial charge in [0.2, 0.25) is 0 Å². The van der Waals surface area contributed by atoms with E-state index in [9.17, 15) is 9.18 Å². The second-order valence-corrected chi connectivity index (χ2v) is 7.11. The summed E-state index contributed by atoms with van der Waals surface area (Å²) >= 11 is 0. The molecule has 5 aromatic rings. The van der Waals surface area contributed by atoms with Crippen LogP contribution >= 0.6 is 0 Å². The number of ether oxygens (including phenoxy) is 1. The van der Waals surface area contributed by atoms with Crippen molar-refractivity contribution >= 4 is 16.8 Å². The fourth-order valence-corrected chi connectivity index (χ4v) is 4.06. The van der Waals surface area contributed by atoms with E-state index in [2.05, 4.69) is 19.9 Å². The Morgan fingerprint density at radius 2 is 2.07 bits per heavy atom. The van der Waals surface area contributed by atoms with Gasteiger partial charge in [-0.3, -0.25) is 8.97 Å². The number of nitrogens with one attached hydrogen (secondary N) is 1. The number of nitrogens with zero attached hydrogens (tertiary/aromatic N) is 5. The van der Waals surface area contributed by atoms with E-state index in [4.69, 9.17) is 4.74 Å². The number of hydrogen-bond donors (Lipinski definition) is 1. The molecule has 0 unspecified atom stereocenters. The molecule has 0 aliphatic carbocycles. The normalized spacial score (nSPS) is 16.0. The van der Waals surface area contributed by atoms with Crippen molar-refractivity contribution in [3.05, 3.63) is 76.9 Å². The number of imidazole rings is 2. The van der Waals surface area contributed by atoms with Gasteiger partial charge in [0.25, 0.3) is 0 Å². The van der Waals surface area contributed by atoms with Crippen molar-refractivity contribution in [2.75, 3.05) is 6.61 Å². The first-order valence-electron chi connectivity index (χ1n) is 9.51. The highest BCUT2D eigenvalue weighted by molar-refractivity contribution is 5.73. The average molecular weight is 402 g/mol. The summed E-state index contributed by atoms with van der Waals surface area (Å²) in [5.74, 6) is 0.192. The van der Waals surface area contributed by atoms with E-state index in [-0.39, 0.29) is 11.4 Å². The monoisotopic (exact) mass is 402 g/mol. The van der Waals surface area contributed by atoms with Gasteiger partial charge in [0.15, 0.2) is 23.0 Å². The zero-order valence-corrected chi connectivity index (χ0v) is 15.6. The lowest BCUT2D eigenvalue weighted by Gasteiger charge is -2.26. The summed E-state index contributed by atoms with van der Waals surface area (Å²) in [6.45, 7) is 0.308. The smallest absolute Gasteiger partial charge is 0.328 e. The number of para-hydroxylation sites is 1. The topological polar surface area (TPSA) is 90.1 Å². The molecule has 0 saturated heterocycles. The van der Waals surface area contributed by atoms with Crippen LogP contribution in [0.5, 0.6) is 5.75 Å². The van der Waals surface area contributed by atoms with E-state index in [1.54, 1.807) is 29.1 Å². The molecule has 148 valence electrons. The highest BCUT2D eigenvalue weighted by Crippen LogP contribution is 2.37. The quantitative estimate of drug-likeness (QED) is 0.490. The second kappa shape index (κ2) is 6.24. The Morgan fingerprint density at radius 3 is 3.00 bits per heavy atom. The molecule has 4 aromatic heterocycles. The van der Waals surface area contributed by atoms with Crippen LogP contribution in [-0.4, -0.2) is 35.5 Å². The van der Waals surface area contributed by atoms with E-state index >= 15 is 0 Å². The standard InChI is InChI=1S/C21H15FN6O2/c22-13-5-3-4-12-15(7-9-30-18(12)13)28-20-14(25-21(28)29)10-24-19(26-20)16-11-23-17-6-1-2-8-27(16)17/h1-6,8,10-11,15H,7,9H2,(H,25,29)/t15-/m1/s1. The van der Waals surface area contributed by atoms with Crippen molar-refractivity contribution in [3.8, 4) is 17.3 Å². The van der Waals surface area contributed by atoms with Gasteiger partial charge in [-0.25, -0.2) is 24.1 Å². The van der Waals surface area contributed by atoms with Gasteiger partial charge in [-0.1, -0.05) is 18.2 Å². The van der Waals surface area contributed by atoms with E-state index in [1.807, 2.05) is 28.8 Å². The Bertz CT molecular complexity index is 1480. The third-order valence-corrected chi connectivity index (χ3v) is 5.41.